The van der Waals surface area contributed by atoms with Crippen LogP contribution in [0.3, 0.4) is 0 Å². The van der Waals surface area contributed by atoms with Crippen molar-refractivity contribution in [1.82, 2.24) is 5.32 Å². The third-order valence-electron chi connectivity index (χ3n) is 3.80. The second-order valence-corrected chi connectivity index (χ2v) is 5.65. The number of carbonyl (C=O) groups excluding carboxylic acids is 1. The Kier molecular flexibility index (Phi) is 3.20. The Morgan fingerprint density at radius 2 is 2.17 bits per heavy atom. The van der Waals surface area contributed by atoms with E-state index in [4.69, 9.17) is 5.73 Å². The molecule has 1 aliphatic carbocycles. The monoisotopic (exact) mass is 247 g/mol. The van der Waals surface area contributed by atoms with Crippen LogP contribution in [0.4, 0.5) is 11.4 Å². The van der Waals surface area contributed by atoms with Crippen molar-refractivity contribution in [2.24, 2.45) is 11.3 Å². The topological polar surface area (TPSA) is 67.2 Å². The van der Waals surface area contributed by atoms with Gasteiger partial charge in [0.15, 0.2) is 0 Å². The highest BCUT2D eigenvalue weighted by Crippen LogP contribution is 2.51. The second-order valence-electron chi connectivity index (χ2n) is 5.65. The molecule has 0 aromatic heterocycles. The summed E-state index contributed by atoms with van der Waals surface area (Å²) in [6.07, 6.45) is 1.25. The van der Waals surface area contributed by atoms with E-state index < -0.39 is 0 Å². The molecule has 1 atom stereocenters. The maximum Gasteiger partial charge on any atom is 0.251 e. The van der Waals surface area contributed by atoms with E-state index in [1.165, 1.54) is 6.42 Å². The Hall–Kier alpha value is -1.71. The Labute approximate surface area is 108 Å². The molecule has 0 spiro atoms. The van der Waals surface area contributed by atoms with Crippen LogP contribution in [0.5, 0.6) is 0 Å². The normalized spacial score (nSPS) is 20.3. The zero-order valence-corrected chi connectivity index (χ0v) is 11.2. The third kappa shape index (κ3) is 2.58. The molecule has 18 heavy (non-hydrogen) atoms. The Morgan fingerprint density at radius 1 is 1.50 bits per heavy atom. The van der Waals surface area contributed by atoms with Crippen molar-refractivity contribution in [3.05, 3.63) is 23.8 Å². The first kappa shape index (κ1) is 12.7. The maximum atomic E-state index is 11.6. The van der Waals surface area contributed by atoms with Crippen LogP contribution in [-0.4, -0.2) is 19.5 Å². The fraction of sp³-hybridized carbons (Fsp3) is 0.500. The minimum atomic E-state index is -0.0928. The van der Waals surface area contributed by atoms with E-state index in [1.807, 2.05) is 6.07 Å². The highest BCUT2D eigenvalue weighted by molar-refractivity contribution is 5.96. The van der Waals surface area contributed by atoms with Gasteiger partial charge in [-0.3, -0.25) is 4.79 Å². The van der Waals surface area contributed by atoms with Gasteiger partial charge >= 0.3 is 0 Å². The summed E-state index contributed by atoms with van der Waals surface area (Å²) < 4.78 is 0. The lowest BCUT2D eigenvalue weighted by Crippen LogP contribution is -2.18. The number of carbonyl (C=O) groups is 1. The minimum absolute atomic E-state index is 0.0928. The lowest BCUT2D eigenvalue weighted by atomic mass is 10.1. The molecule has 0 bridgehead atoms. The van der Waals surface area contributed by atoms with Crippen LogP contribution in [0.2, 0.25) is 0 Å². The molecule has 1 fully saturated rings. The molecule has 1 aromatic rings. The van der Waals surface area contributed by atoms with E-state index in [2.05, 4.69) is 24.5 Å². The number of rotatable bonds is 4. The van der Waals surface area contributed by atoms with Gasteiger partial charge in [0, 0.05) is 19.2 Å². The van der Waals surface area contributed by atoms with Gasteiger partial charge in [0.1, 0.15) is 0 Å². The molecule has 4 nitrogen and oxygen atoms in total. The van der Waals surface area contributed by atoms with E-state index in [-0.39, 0.29) is 5.91 Å². The van der Waals surface area contributed by atoms with Gasteiger partial charge < -0.3 is 16.4 Å². The molecule has 4 heteroatoms. The number of nitrogen functional groups attached to an aromatic ring is 1. The molecule has 1 amide bonds. The van der Waals surface area contributed by atoms with Crippen LogP contribution < -0.4 is 16.4 Å². The molecule has 0 heterocycles. The molecule has 4 N–H and O–H groups in total. The summed E-state index contributed by atoms with van der Waals surface area (Å²) in [6.45, 7) is 5.45. The first-order valence-electron chi connectivity index (χ1n) is 6.29. The van der Waals surface area contributed by atoms with E-state index in [9.17, 15) is 4.79 Å². The van der Waals surface area contributed by atoms with Crippen molar-refractivity contribution in [2.75, 3.05) is 24.6 Å². The number of amides is 1. The predicted molar refractivity (Wildman–Crippen MR) is 74.6 cm³/mol. The average Bonchev–Trinajstić information content (AvgIpc) is 2.95. The van der Waals surface area contributed by atoms with Gasteiger partial charge in [0.2, 0.25) is 0 Å². The molecule has 1 aromatic carbocycles. The van der Waals surface area contributed by atoms with E-state index >= 15 is 0 Å². The summed E-state index contributed by atoms with van der Waals surface area (Å²) in [4.78, 5) is 11.6. The molecule has 1 unspecified atom stereocenters. The minimum Gasteiger partial charge on any atom is -0.397 e. The quantitative estimate of drug-likeness (QED) is 0.714. The highest BCUT2D eigenvalue weighted by atomic mass is 16.1. The van der Waals surface area contributed by atoms with Gasteiger partial charge in [-0.15, -0.1) is 0 Å². The Morgan fingerprint density at radius 3 is 2.72 bits per heavy atom. The van der Waals surface area contributed by atoms with Crippen molar-refractivity contribution in [3.8, 4) is 0 Å². The molecule has 0 radical (unpaired) electrons. The molecule has 98 valence electrons. The summed E-state index contributed by atoms with van der Waals surface area (Å²) >= 11 is 0. The third-order valence-corrected chi connectivity index (χ3v) is 3.80. The van der Waals surface area contributed by atoms with Crippen molar-refractivity contribution in [3.63, 3.8) is 0 Å². The first-order chi connectivity index (χ1) is 8.44. The molecule has 2 rings (SSSR count). The smallest absolute Gasteiger partial charge is 0.251 e. The zero-order chi connectivity index (χ0) is 13.3. The number of anilines is 2. The number of nitrogens with two attached hydrogens (primary N) is 1. The lowest BCUT2D eigenvalue weighted by Gasteiger charge is -2.11. The van der Waals surface area contributed by atoms with Gasteiger partial charge in [0.25, 0.3) is 5.91 Å². The zero-order valence-electron chi connectivity index (χ0n) is 11.2. The molecular weight excluding hydrogens is 226 g/mol. The number of benzene rings is 1. The summed E-state index contributed by atoms with van der Waals surface area (Å²) in [6, 6.07) is 5.31. The van der Waals surface area contributed by atoms with Crippen LogP contribution in [0.15, 0.2) is 18.2 Å². The summed E-state index contributed by atoms with van der Waals surface area (Å²) in [5.41, 5.74) is 8.51. The number of hydrogen-bond acceptors (Lipinski definition) is 3. The first-order valence-corrected chi connectivity index (χ1v) is 6.29. The number of nitrogens with one attached hydrogen (secondary N) is 2. The molecule has 0 aliphatic heterocycles. The van der Waals surface area contributed by atoms with Crippen molar-refractivity contribution >= 4 is 17.3 Å². The lowest BCUT2D eigenvalue weighted by molar-refractivity contribution is 0.0963. The van der Waals surface area contributed by atoms with E-state index in [0.29, 0.717) is 22.6 Å². The fourth-order valence-corrected chi connectivity index (χ4v) is 2.15. The van der Waals surface area contributed by atoms with Crippen LogP contribution in [0, 0.1) is 11.3 Å². The molecule has 1 saturated carbocycles. The van der Waals surface area contributed by atoms with Gasteiger partial charge in [0.05, 0.1) is 11.4 Å². The fourth-order valence-electron chi connectivity index (χ4n) is 2.15. The van der Waals surface area contributed by atoms with Gasteiger partial charge in [-0.25, -0.2) is 0 Å². The predicted octanol–water partition coefficient (Wildman–Crippen LogP) is 2.09. The summed E-state index contributed by atoms with van der Waals surface area (Å²) in [5.74, 6) is 0.602. The molecule has 1 aliphatic rings. The summed E-state index contributed by atoms with van der Waals surface area (Å²) in [7, 11) is 1.62. The maximum absolute atomic E-state index is 11.6. The summed E-state index contributed by atoms with van der Waals surface area (Å²) in [5, 5.41) is 5.96. The van der Waals surface area contributed by atoms with Gasteiger partial charge in [-0.2, -0.15) is 0 Å². The Bertz CT molecular complexity index is 468. The largest absolute Gasteiger partial charge is 0.397 e. The van der Waals surface area contributed by atoms with Gasteiger partial charge in [-0.05, 0) is 36.0 Å². The second kappa shape index (κ2) is 4.52. The molecular formula is C14H21N3O. The van der Waals surface area contributed by atoms with Crippen molar-refractivity contribution < 1.29 is 4.79 Å². The van der Waals surface area contributed by atoms with Crippen molar-refractivity contribution in [2.45, 2.75) is 20.3 Å². The van der Waals surface area contributed by atoms with Crippen LogP contribution >= 0.6 is 0 Å². The Balaban J connectivity index is 2.05. The van der Waals surface area contributed by atoms with Crippen LogP contribution in [-0.2, 0) is 0 Å². The van der Waals surface area contributed by atoms with Crippen LogP contribution in [0.1, 0.15) is 30.6 Å². The average molecular weight is 247 g/mol. The van der Waals surface area contributed by atoms with Gasteiger partial charge in [-0.1, -0.05) is 13.8 Å². The van der Waals surface area contributed by atoms with Crippen LogP contribution in [0.25, 0.3) is 0 Å². The van der Waals surface area contributed by atoms with E-state index in [1.54, 1.807) is 19.2 Å². The van der Waals surface area contributed by atoms with E-state index in [0.717, 1.165) is 12.2 Å². The highest BCUT2D eigenvalue weighted by Gasteiger charge is 2.44. The standard InChI is InChI=1S/C14H21N3O/c1-14(2)7-10(14)8-17-12-6-9(13(18)16-3)4-5-11(12)15/h4-6,10,17H,7-8,15H2,1-3H3,(H,16,18). The number of hydrogen-bond donors (Lipinski definition) is 3. The van der Waals surface area contributed by atoms with Crippen molar-refractivity contribution in [1.29, 1.82) is 0 Å². The molecule has 0 saturated heterocycles. The SMILES string of the molecule is CNC(=O)c1ccc(N)c(NCC2CC2(C)C)c1.